The van der Waals surface area contributed by atoms with Gasteiger partial charge in [-0.25, -0.2) is 4.98 Å². The Kier molecular flexibility index (Phi) is 3.03. The predicted octanol–water partition coefficient (Wildman–Crippen LogP) is 0.889. The zero-order valence-electron chi connectivity index (χ0n) is 9.19. The van der Waals surface area contributed by atoms with E-state index in [9.17, 15) is 9.18 Å². The molecule has 1 aromatic rings. The van der Waals surface area contributed by atoms with Gasteiger partial charge in [-0.15, -0.1) is 0 Å². The molecule has 16 heavy (non-hydrogen) atoms. The molecule has 2 rings (SSSR count). The molecule has 0 N–H and O–H groups in total. The fraction of sp³-hybridized carbons (Fsp3) is 0.455. The van der Waals surface area contributed by atoms with Crippen molar-refractivity contribution in [2.24, 2.45) is 0 Å². The Hall–Kier alpha value is -1.65. The van der Waals surface area contributed by atoms with E-state index in [2.05, 4.69) is 4.98 Å². The minimum Gasteiger partial charge on any atom is -0.347 e. The second kappa shape index (κ2) is 4.47. The number of rotatable bonds is 1. The molecule has 0 radical (unpaired) electrons. The molecular weight excluding hydrogens is 209 g/mol. The lowest BCUT2D eigenvalue weighted by Crippen LogP contribution is -2.34. The number of carbonyl (C=O) groups is 1. The normalized spacial score (nSPS) is 17.5. The average molecular weight is 223 g/mol. The van der Waals surface area contributed by atoms with E-state index in [-0.39, 0.29) is 12.5 Å². The van der Waals surface area contributed by atoms with Gasteiger partial charge in [-0.2, -0.15) is 4.39 Å². The van der Waals surface area contributed by atoms with Crippen LogP contribution in [0.4, 0.5) is 10.2 Å². The van der Waals surface area contributed by atoms with Gasteiger partial charge >= 0.3 is 0 Å². The van der Waals surface area contributed by atoms with Crippen molar-refractivity contribution >= 4 is 11.7 Å². The number of halogens is 1. The van der Waals surface area contributed by atoms with Crippen LogP contribution >= 0.6 is 0 Å². The molecule has 0 aliphatic carbocycles. The largest absolute Gasteiger partial charge is 0.347 e. The third kappa shape index (κ3) is 2.29. The van der Waals surface area contributed by atoms with Gasteiger partial charge in [-0.3, -0.25) is 4.79 Å². The van der Waals surface area contributed by atoms with Crippen molar-refractivity contribution in [3.05, 3.63) is 24.1 Å². The maximum Gasteiger partial charge on any atom is 0.241 e. The number of pyridine rings is 1. The molecule has 1 fully saturated rings. The Balaban J connectivity index is 2.18. The summed E-state index contributed by atoms with van der Waals surface area (Å²) in [4.78, 5) is 18.9. The van der Waals surface area contributed by atoms with Crippen LogP contribution in [0.1, 0.15) is 6.42 Å². The molecule has 1 saturated heterocycles. The van der Waals surface area contributed by atoms with Gasteiger partial charge in [0.25, 0.3) is 0 Å². The van der Waals surface area contributed by atoms with E-state index in [0.29, 0.717) is 5.82 Å². The third-order valence-corrected chi connectivity index (χ3v) is 2.70. The number of carbonyl (C=O) groups excluding carboxylic acids is 1. The van der Waals surface area contributed by atoms with E-state index >= 15 is 0 Å². The standard InChI is InChI=1S/C11H14FN3O/c1-14-6-3-7-15(8-11(14)16)10-5-2-4-9(12)13-10/h2,4-5H,3,6-8H2,1H3. The van der Waals surface area contributed by atoms with Gasteiger partial charge < -0.3 is 9.80 Å². The predicted molar refractivity (Wildman–Crippen MR) is 58.7 cm³/mol. The van der Waals surface area contributed by atoms with Crippen LogP contribution in [-0.2, 0) is 4.79 Å². The summed E-state index contributed by atoms with van der Waals surface area (Å²) in [7, 11) is 1.78. The third-order valence-electron chi connectivity index (χ3n) is 2.70. The van der Waals surface area contributed by atoms with Gasteiger partial charge in [0.15, 0.2) is 0 Å². The molecule has 0 saturated carbocycles. The van der Waals surface area contributed by atoms with E-state index in [4.69, 9.17) is 0 Å². The maximum absolute atomic E-state index is 13.0. The summed E-state index contributed by atoms with van der Waals surface area (Å²) >= 11 is 0. The lowest BCUT2D eigenvalue weighted by Gasteiger charge is -2.20. The quantitative estimate of drug-likeness (QED) is 0.663. The molecule has 1 amide bonds. The average Bonchev–Trinajstić information content (AvgIpc) is 2.42. The number of nitrogens with zero attached hydrogens (tertiary/aromatic N) is 3. The SMILES string of the molecule is CN1CCCN(c2cccc(F)n2)CC1=O. The molecule has 2 heterocycles. The Morgan fingerprint density at radius 1 is 1.38 bits per heavy atom. The molecule has 0 bridgehead atoms. The zero-order valence-corrected chi connectivity index (χ0v) is 9.19. The minimum atomic E-state index is -0.512. The Morgan fingerprint density at radius 3 is 2.94 bits per heavy atom. The van der Waals surface area contributed by atoms with Crippen LogP contribution in [0.25, 0.3) is 0 Å². The smallest absolute Gasteiger partial charge is 0.241 e. The highest BCUT2D eigenvalue weighted by Gasteiger charge is 2.19. The van der Waals surface area contributed by atoms with Crippen molar-refractivity contribution < 1.29 is 9.18 Å². The van der Waals surface area contributed by atoms with Crippen LogP contribution in [-0.4, -0.2) is 42.5 Å². The number of hydrogen-bond acceptors (Lipinski definition) is 3. The first kappa shape index (κ1) is 10.9. The van der Waals surface area contributed by atoms with Gasteiger partial charge in [-0.05, 0) is 18.6 Å². The summed E-state index contributed by atoms with van der Waals surface area (Å²) in [5.74, 6) is 0.0646. The van der Waals surface area contributed by atoms with Crippen molar-refractivity contribution in [3.8, 4) is 0 Å². The minimum absolute atomic E-state index is 0.0450. The second-order valence-electron chi connectivity index (χ2n) is 3.91. The van der Waals surface area contributed by atoms with Crippen LogP contribution in [0.5, 0.6) is 0 Å². The fourth-order valence-corrected chi connectivity index (χ4v) is 1.76. The summed E-state index contributed by atoms with van der Waals surface area (Å²) in [6.07, 6.45) is 0.875. The van der Waals surface area contributed by atoms with E-state index < -0.39 is 5.95 Å². The van der Waals surface area contributed by atoms with Crippen molar-refractivity contribution in [2.75, 3.05) is 31.6 Å². The van der Waals surface area contributed by atoms with E-state index in [0.717, 1.165) is 19.5 Å². The van der Waals surface area contributed by atoms with Gasteiger partial charge in [0.2, 0.25) is 11.9 Å². The highest BCUT2D eigenvalue weighted by Crippen LogP contribution is 2.13. The van der Waals surface area contributed by atoms with Gasteiger partial charge in [-0.1, -0.05) is 6.07 Å². The first-order valence-electron chi connectivity index (χ1n) is 5.28. The highest BCUT2D eigenvalue weighted by molar-refractivity contribution is 5.81. The summed E-state index contributed by atoms with van der Waals surface area (Å²) in [5, 5.41) is 0. The van der Waals surface area contributed by atoms with Crippen LogP contribution in [0.2, 0.25) is 0 Å². The topological polar surface area (TPSA) is 36.4 Å². The second-order valence-corrected chi connectivity index (χ2v) is 3.91. The Morgan fingerprint density at radius 2 is 2.19 bits per heavy atom. The van der Waals surface area contributed by atoms with Crippen molar-refractivity contribution in [1.29, 1.82) is 0 Å². The number of amides is 1. The summed E-state index contributed by atoms with van der Waals surface area (Å²) in [6.45, 7) is 1.74. The first-order valence-corrected chi connectivity index (χ1v) is 5.28. The van der Waals surface area contributed by atoms with Crippen LogP contribution in [0.3, 0.4) is 0 Å². The molecule has 1 aliphatic rings. The maximum atomic E-state index is 13.0. The molecule has 0 spiro atoms. The van der Waals surface area contributed by atoms with E-state index in [1.165, 1.54) is 6.07 Å². The van der Waals surface area contributed by atoms with Gasteiger partial charge in [0, 0.05) is 20.1 Å². The molecule has 4 nitrogen and oxygen atoms in total. The monoisotopic (exact) mass is 223 g/mol. The number of likely N-dealkylation sites (N-methyl/N-ethyl adjacent to an activating group) is 1. The number of anilines is 1. The molecule has 1 aromatic heterocycles. The van der Waals surface area contributed by atoms with Gasteiger partial charge in [0.1, 0.15) is 5.82 Å². The van der Waals surface area contributed by atoms with Gasteiger partial charge in [0.05, 0.1) is 6.54 Å². The molecule has 0 aromatic carbocycles. The van der Waals surface area contributed by atoms with Crippen LogP contribution in [0.15, 0.2) is 18.2 Å². The lowest BCUT2D eigenvalue weighted by atomic mass is 10.3. The summed E-state index contributed by atoms with van der Waals surface area (Å²) in [5.41, 5.74) is 0. The summed E-state index contributed by atoms with van der Waals surface area (Å²) in [6, 6.07) is 4.63. The van der Waals surface area contributed by atoms with Crippen molar-refractivity contribution in [3.63, 3.8) is 0 Å². The molecule has 5 heteroatoms. The highest BCUT2D eigenvalue weighted by atomic mass is 19.1. The zero-order chi connectivity index (χ0) is 11.5. The lowest BCUT2D eigenvalue weighted by molar-refractivity contribution is -0.127. The molecular formula is C11H14FN3O. The molecule has 86 valence electrons. The number of hydrogen-bond donors (Lipinski definition) is 0. The Bertz CT molecular complexity index is 397. The number of aromatic nitrogens is 1. The molecule has 1 aliphatic heterocycles. The molecule has 0 unspecified atom stereocenters. The summed E-state index contributed by atoms with van der Waals surface area (Å²) < 4.78 is 13.0. The van der Waals surface area contributed by atoms with E-state index in [1.54, 1.807) is 24.1 Å². The van der Waals surface area contributed by atoms with Crippen molar-refractivity contribution in [1.82, 2.24) is 9.88 Å². The van der Waals surface area contributed by atoms with Crippen LogP contribution < -0.4 is 4.90 Å². The van der Waals surface area contributed by atoms with Crippen molar-refractivity contribution in [2.45, 2.75) is 6.42 Å². The Labute approximate surface area is 93.7 Å². The first-order chi connectivity index (χ1) is 7.66. The van der Waals surface area contributed by atoms with E-state index in [1.807, 2.05) is 4.90 Å². The molecule has 0 atom stereocenters. The van der Waals surface area contributed by atoms with Crippen LogP contribution in [0, 0.1) is 5.95 Å². The fourth-order valence-electron chi connectivity index (χ4n) is 1.76.